The summed E-state index contributed by atoms with van der Waals surface area (Å²) in [4.78, 5) is -0.583. The Kier molecular flexibility index (Phi) is 4.15. The van der Waals surface area contributed by atoms with E-state index in [2.05, 4.69) is 0 Å². The van der Waals surface area contributed by atoms with Crippen molar-refractivity contribution in [2.24, 2.45) is 0 Å². The van der Waals surface area contributed by atoms with Crippen molar-refractivity contribution in [3.63, 3.8) is 0 Å². The van der Waals surface area contributed by atoms with Crippen molar-refractivity contribution >= 4 is 15.9 Å². The molecule has 21 heavy (non-hydrogen) atoms. The molecule has 2 aromatic rings. The molecule has 0 aliphatic carbocycles. The van der Waals surface area contributed by atoms with Crippen molar-refractivity contribution < 1.29 is 17.2 Å². The molecule has 2 rings (SSSR count). The zero-order valence-corrected chi connectivity index (χ0v) is 11.4. The first-order valence-corrected chi connectivity index (χ1v) is 7.30. The SMILES string of the molecule is N#C/C(=C\c1ccc(F)c(F)c1)S(=O)(=O)c1ccccc1. The second kappa shape index (κ2) is 5.85. The lowest BCUT2D eigenvalue weighted by Crippen LogP contribution is -2.03. The highest BCUT2D eigenvalue weighted by atomic mass is 32.2. The third kappa shape index (κ3) is 3.15. The minimum Gasteiger partial charge on any atom is -0.218 e. The number of nitrogens with zero attached hydrogens (tertiary/aromatic N) is 1. The Hall–Kier alpha value is -2.52. The fourth-order valence-corrected chi connectivity index (χ4v) is 2.83. The van der Waals surface area contributed by atoms with E-state index in [0.29, 0.717) is 0 Å². The summed E-state index contributed by atoms with van der Waals surface area (Å²) in [6, 6.07) is 11.9. The number of sulfone groups is 1. The molecule has 0 radical (unpaired) electrons. The summed E-state index contributed by atoms with van der Waals surface area (Å²) < 4.78 is 50.5. The molecule has 0 amide bonds. The summed E-state index contributed by atoms with van der Waals surface area (Å²) >= 11 is 0. The average molecular weight is 305 g/mol. The van der Waals surface area contributed by atoms with Crippen LogP contribution in [0.4, 0.5) is 8.78 Å². The van der Waals surface area contributed by atoms with Crippen LogP contribution in [-0.2, 0) is 9.84 Å². The summed E-state index contributed by atoms with van der Waals surface area (Å²) in [7, 11) is -3.99. The Morgan fingerprint density at radius 2 is 1.71 bits per heavy atom. The van der Waals surface area contributed by atoms with E-state index in [1.54, 1.807) is 12.1 Å². The first-order valence-electron chi connectivity index (χ1n) is 5.82. The Labute approximate surface area is 120 Å². The van der Waals surface area contributed by atoms with Gasteiger partial charge in [0.05, 0.1) is 4.90 Å². The van der Waals surface area contributed by atoms with Crippen LogP contribution in [0.3, 0.4) is 0 Å². The molecule has 0 aliphatic heterocycles. The number of hydrogen-bond donors (Lipinski definition) is 0. The molecule has 0 atom stereocenters. The number of nitriles is 1. The lowest BCUT2D eigenvalue weighted by molar-refractivity contribution is 0.508. The van der Waals surface area contributed by atoms with Crippen LogP contribution in [0.15, 0.2) is 58.3 Å². The van der Waals surface area contributed by atoms with Crippen LogP contribution in [-0.4, -0.2) is 8.42 Å². The molecule has 0 heterocycles. The molecule has 0 bridgehead atoms. The van der Waals surface area contributed by atoms with Gasteiger partial charge in [-0.2, -0.15) is 5.26 Å². The summed E-state index contributed by atoms with van der Waals surface area (Å²) in [5, 5.41) is 9.04. The van der Waals surface area contributed by atoms with Crippen molar-refractivity contribution in [1.29, 1.82) is 5.26 Å². The molecule has 0 saturated heterocycles. The van der Waals surface area contributed by atoms with Crippen LogP contribution < -0.4 is 0 Å². The van der Waals surface area contributed by atoms with Gasteiger partial charge in [-0.25, -0.2) is 17.2 Å². The van der Waals surface area contributed by atoms with Gasteiger partial charge < -0.3 is 0 Å². The Bertz CT molecular complexity index is 838. The zero-order valence-electron chi connectivity index (χ0n) is 10.6. The van der Waals surface area contributed by atoms with Crippen LogP contribution in [0, 0.1) is 23.0 Å². The lowest BCUT2D eigenvalue weighted by atomic mass is 10.2. The third-order valence-corrected chi connectivity index (χ3v) is 4.38. The maximum Gasteiger partial charge on any atom is 0.216 e. The molecular formula is C15H9F2NO2S. The van der Waals surface area contributed by atoms with E-state index in [9.17, 15) is 17.2 Å². The summed E-state index contributed by atoms with van der Waals surface area (Å²) in [5.41, 5.74) is 0.0879. The first kappa shape index (κ1) is 14.9. The number of hydrogen-bond acceptors (Lipinski definition) is 3. The highest BCUT2D eigenvalue weighted by Crippen LogP contribution is 2.21. The molecule has 0 saturated carbocycles. The fraction of sp³-hybridized carbons (Fsp3) is 0. The van der Waals surface area contributed by atoms with Crippen LogP contribution >= 0.6 is 0 Å². The van der Waals surface area contributed by atoms with Gasteiger partial charge in [0, 0.05) is 0 Å². The van der Waals surface area contributed by atoms with E-state index >= 15 is 0 Å². The van der Waals surface area contributed by atoms with E-state index in [4.69, 9.17) is 5.26 Å². The molecule has 6 heteroatoms. The highest BCUT2D eigenvalue weighted by molar-refractivity contribution is 7.95. The third-order valence-electron chi connectivity index (χ3n) is 2.69. The number of allylic oxidation sites excluding steroid dienone is 1. The number of benzene rings is 2. The van der Waals surface area contributed by atoms with Gasteiger partial charge in [-0.1, -0.05) is 24.3 Å². The highest BCUT2D eigenvalue weighted by Gasteiger charge is 2.20. The van der Waals surface area contributed by atoms with Crippen molar-refractivity contribution in [3.8, 4) is 6.07 Å². The van der Waals surface area contributed by atoms with Crippen LogP contribution in [0.25, 0.3) is 6.08 Å². The van der Waals surface area contributed by atoms with Crippen molar-refractivity contribution in [2.75, 3.05) is 0 Å². The number of halogens is 2. The molecule has 3 nitrogen and oxygen atoms in total. The second-order valence-corrected chi connectivity index (χ2v) is 6.03. The van der Waals surface area contributed by atoms with E-state index in [-0.39, 0.29) is 10.5 Å². The van der Waals surface area contributed by atoms with Gasteiger partial charge >= 0.3 is 0 Å². The van der Waals surface area contributed by atoms with Gasteiger partial charge in [-0.05, 0) is 35.9 Å². The quantitative estimate of drug-likeness (QED) is 0.817. The van der Waals surface area contributed by atoms with Gasteiger partial charge in [0.25, 0.3) is 0 Å². The normalized spacial score (nSPS) is 12.0. The van der Waals surface area contributed by atoms with Gasteiger partial charge in [-0.15, -0.1) is 0 Å². The maximum absolute atomic E-state index is 13.1. The zero-order chi connectivity index (χ0) is 15.5. The van der Waals surface area contributed by atoms with Gasteiger partial charge in [-0.3, -0.25) is 0 Å². The van der Waals surface area contributed by atoms with E-state index in [1.165, 1.54) is 30.3 Å². The molecule has 0 fully saturated rings. The fourth-order valence-electron chi connectivity index (χ4n) is 1.65. The predicted octanol–water partition coefficient (Wildman–Crippen LogP) is 3.30. The average Bonchev–Trinajstić information content (AvgIpc) is 2.49. The first-order chi connectivity index (χ1) is 9.95. The van der Waals surface area contributed by atoms with Crippen LogP contribution in [0.5, 0.6) is 0 Å². The minimum atomic E-state index is -3.99. The topological polar surface area (TPSA) is 57.9 Å². The summed E-state index contributed by atoms with van der Waals surface area (Å²) in [6.45, 7) is 0. The van der Waals surface area contributed by atoms with Crippen molar-refractivity contribution in [1.82, 2.24) is 0 Å². The predicted molar refractivity (Wildman–Crippen MR) is 73.6 cm³/mol. The van der Waals surface area contributed by atoms with Gasteiger partial charge in [0.15, 0.2) is 11.6 Å². The van der Waals surface area contributed by atoms with Gasteiger partial charge in [0.1, 0.15) is 11.0 Å². The molecular weight excluding hydrogens is 296 g/mol. The molecule has 0 aliphatic rings. The Morgan fingerprint density at radius 3 is 2.29 bits per heavy atom. The Balaban J connectivity index is 2.51. The Morgan fingerprint density at radius 1 is 1.05 bits per heavy atom. The lowest BCUT2D eigenvalue weighted by Gasteiger charge is -2.03. The summed E-state index contributed by atoms with van der Waals surface area (Å²) in [5.74, 6) is -2.16. The van der Waals surface area contributed by atoms with E-state index in [1.807, 2.05) is 0 Å². The maximum atomic E-state index is 13.1. The minimum absolute atomic E-state index is 0.0413. The van der Waals surface area contributed by atoms with Crippen LogP contribution in [0.2, 0.25) is 0 Å². The van der Waals surface area contributed by atoms with Crippen molar-refractivity contribution in [3.05, 3.63) is 70.6 Å². The molecule has 2 aromatic carbocycles. The van der Waals surface area contributed by atoms with E-state index < -0.39 is 26.4 Å². The smallest absolute Gasteiger partial charge is 0.216 e. The molecule has 0 unspecified atom stereocenters. The molecule has 0 aromatic heterocycles. The largest absolute Gasteiger partial charge is 0.218 e. The second-order valence-electron chi connectivity index (χ2n) is 4.11. The van der Waals surface area contributed by atoms with Crippen molar-refractivity contribution in [2.45, 2.75) is 4.90 Å². The standard InChI is InChI=1S/C15H9F2NO2S/c16-14-7-6-11(9-15(14)17)8-13(10-18)21(19,20)12-4-2-1-3-5-12/h1-9H/b13-8+. The molecule has 0 N–H and O–H groups in total. The van der Waals surface area contributed by atoms with E-state index in [0.717, 1.165) is 18.2 Å². The van der Waals surface area contributed by atoms with Gasteiger partial charge in [0.2, 0.25) is 9.84 Å². The monoisotopic (exact) mass is 305 g/mol. The summed E-state index contributed by atoms with van der Waals surface area (Å²) in [6.07, 6.45) is 1.00. The number of rotatable bonds is 3. The molecule has 0 spiro atoms. The molecule has 106 valence electrons. The van der Waals surface area contributed by atoms with Crippen LogP contribution in [0.1, 0.15) is 5.56 Å².